The van der Waals surface area contributed by atoms with E-state index in [2.05, 4.69) is 21.3 Å². The van der Waals surface area contributed by atoms with E-state index in [-0.39, 0.29) is 5.91 Å². The number of piperazine rings is 1. The van der Waals surface area contributed by atoms with Crippen molar-refractivity contribution in [1.29, 1.82) is 0 Å². The van der Waals surface area contributed by atoms with E-state index in [9.17, 15) is 4.79 Å². The van der Waals surface area contributed by atoms with Gasteiger partial charge in [0.2, 0.25) is 0 Å². The number of nitrogens with one attached hydrogen (secondary N) is 3. The molecule has 3 N–H and O–H groups in total. The Morgan fingerprint density at radius 1 is 1.10 bits per heavy atom. The largest absolute Gasteiger partial charge is 0.490 e. The van der Waals surface area contributed by atoms with Crippen molar-refractivity contribution in [1.82, 2.24) is 5.32 Å². The lowest BCUT2D eigenvalue weighted by molar-refractivity contribution is -0.892. The molecule has 1 aliphatic heterocycles. The summed E-state index contributed by atoms with van der Waals surface area (Å²) in [6.45, 7) is 10.1. The van der Waals surface area contributed by atoms with Crippen molar-refractivity contribution in [2.75, 3.05) is 57.4 Å². The first kappa shape index (κ1) is 21.9. The van der Waals surface area contributed by atoms with Crippen molar-refractivity contribution in [2.24, 2.45) is 0 Å². The lowest BCUT2D eigenvalue weighted by Crippen LogP contribution is -3.16. The Hall–Kier alpha value is -2.80. The summed E-state index contributed by atoms with van der Waals surface area (Å²) in [4.78, 5) is 19.3. The molecule has 3 rings (SSSR count). The number of rotatable bonds is 10. The van der Waals surface area contributed by atoms with E-state index in [1.54, 1.807) is 0 Å². The molecule has 2 heterocycles. The summed E-state index contributed by atoms with van der Waals surface area (Å²) < 4.78 is 11.3. The van der Waals surface area contributed by atoms with Crippen molar-refractivity contribution in [3.8, 4) is 11.5 Å². The van der Waals surface area contributed by atoms with Gasteiger partial charge < -0.3 is 19.7 Å². The molecular formula is C23H34N4O3+2. The first-order chi connectivity index (χ1) is 14.7. The molecule has 1 aromatic carbocycles. The minimum Gasteiger partial charge on any atom is -0.490 e. The summed E-state index contributed by atoms with van der Waals surface area (Å²) in [7, 11) is 0. The molecule has 0 bridgehead atoms. The van der Waals surface area contributed by atoms with Gasteiger partial charge in [-0.1, -0.05) is 12.1 Å². The molecule has 0 spiro atoms. The lowest BCUT2D eigenvalue weighted by atomic mass is 10.1. The summed E-state index contributed by atoms with van der Waals surface area (Å²) in [6, 6.07) is 12.1. The first-order valence-electron chi connectivity index (χ1n) is 10.9. The second kappa shape index (κ2) is 11.4. The maximum absolute atomic E-state index is 12.4. The lowest BCUT2D eigenvalue weighted by Gasteiger charge is -2.27. The van der Waals surface area contributed by atoms with Gasteiger partial charge in [-0.25, -0.2) is 4.98 Å². The molecule has 2 aromatic rings. The van der Waals surface area contributed by atoms with Gasteiger partial charge in [-0.2, -0.15) is 0 Å². The van der Waals surface area contributed by atoms with E-state index in [1.807, 2.05) is 50.4 Å². The number of anilines is 1. The molecule has 1 aliphatic rings. The fourth-order valence-electron chi connectivity index (χ4n) is 3.71. The van der Waals surface area contributed by atoms with Crippen molar-refractivity contribution in [2.45, 2.75) is 20.3 Å². The molecule has 1 saturated heterocycles. The Morgan fingerprint density at radius 3 is 2.57 bits per heavy atom. The Balaban J connectivity index is 1.39. The normalized spacial score (nSPS) is 14.4. The highest BCUT2D eigenvalue weighted by Crippen LogP contribution is 2.28. The predicted molar refractivity (Wildman–Crippen MR) is 116 cm³/mol. The molecule has 7 heteroatoms. The number of hydrogen-bond donors (Lipinski definition) is 2. The molecule has 162 valence electrons. The van der Waals surface area contributed by atoms with E-state index < -0.39 is 0 Å². The minimum absolute atomic E-state index is 0.112. The molecule has 30 heavy (non-hydrogen) atoms. The number of carbonyl (C=O) groups is 1. The number of carbonyl (C=O) groups excluding carboxylic acids is 1. The average molecular weight is 415 g/mol. The van der Waals surface area contributed by atoms with Crippen molar-refractivity contribution < 1.29 is 24.2 Å². The zero-order chi connectivity index (χ0) is 21.2. The molecule has 1 amide bonds. The highest BCUT2D eigenvalue weighted by Gasteiger charge is 2.27. The van der Waals surface area contributed by atoms with Gasteiger partial charge in [0.25, 0.3) is 11.7 Å². The molecule has 0 unspecified atom stereocenters. The average Bonchev–Trinajstić information content (AvgIpc) is 2.77. The van der Waals surface area contributed by atoms with Crippen LogP contribution in [0.3, 0.4) is 0 Å². The van der Waals surface area contributed by atoms with Crippen LogP contribution < -0.4 is 29.6 Å². The number of aromatic amines is 1. The number of nitrogens with zero attached hydrogens (tertiary/aromatic N) is 1. The number of hydrogen-bond acceptors (Lipinski definition) is 4. The van der Waals surface area contributed by atoms with Crippen LogP contribution in [0.15, 0.2) is 42.6 Å². The van der Waals surface area contributed by atoms with Gasteiger partial charge in [0.1, 0.15) is 26.2 Å². The van der Waals surface area contributed by atoms with Crippen LogP contribution in [0.25, 0.3) is 0 Å². The summed E-state index contributed by atoms with van der Waals surface area (Å²) in [5.74, 6) is 2.78. The summed E-state index contributed by atoms with van der Waals surface area (Å²) >= 11 is 0. The Bertz CT molecular complexity index is 792. The number of pyridine rings is 1. The zero-order valence-electron chi connectivity index (χ0n) is 18.1. The minimum atomic E-state index is 0.112. The third-order valence-corrected chi connectivity index (χ3v) is 5.26. The van der Waals surface area contributed by atoms with Crippen LogP contribution in [-0.4, -0.2) is 58.4 Å². The van der Waals surface area contributed by atoms with Gasteiger partial charge in [-0.3, -0.25) is 9.69 Å². The molecule has 1 aromatic heterocycles. The van der Waals surface area contributed by atoms with E-state index in [0.29, 0.717) is 26.3 Å². The smallest absolute Gasteiger partial charge is 0.275 e. The molecule has 0 radical (unpaired) electrons. The van der Waals surface area contributed by atoms with Crippen LogP contribution in [0.4, 0.5) is 5.82 Å². The van der Waals surface area contributed by atoms with E-state index >= 15 is 0 Å². The fourth-order valence-corrected chi connectivity index (χ4v) is 3.71. The van der Waals surface area contributed by atoms with Crippen LogP contribution in [0.2, 0.25) is 0 Å². The van der Waals surface area contributed by atoms with Gasteiger partial charge >= 0.3 is 0 Å². The number of benzene rings is 1. The third kappa shape index (κ3) is 6.35. The predicted octanol–water partition coefficient (Wildman–Crippen LogP) is 0.362. The van der Waals surface area contributed by atoms with Crippen LogP contribution in [0.1, 0.15) is 19.4 Å². The van der Waals surface area contributed by atoms with Gasteiger partial charge in [0.05, 0.1) is 19.4 Å². The van der Waals surface area contributed by atoms with Gasteiger partial charge in [-0.15, -0.1) is 0 Å². The molecule has 7 nitrogen and oxygen atoms in total. The van der Waals surface area contributed by atoms with E-state index in [4.69, 9.17) is 9.47 Å². The Morgan fingerprint density at radius 2 is 1.87 bits per heavy atom. The highest BCUT2D eigenvalue weighted by molar-refractivity contribution is 5.76. The molecular weight excluding hydrogens is 380 g/mol. The van der Waals surface area contributed by atoms with Gasteiger partial charge in [0.15, 0.2) is 18.0 Å². The summed E-state index contributed by atoms with van der Waals surface area (Å²) in [5, 5.41) is 3.06. The monoisotopic (exact) mass is 414 g/mol. The van der Waals surface area contributed by atoms with Gasteiger partial charge in [-0.05, 0) is 44.0 Å². The Labute approximate surface area is 179 Å². The van der Waals surface area contributed by atoms with E-state index in [1.165, 1.54) is 4.90 Å². The maximum Gasteiger partial charge on any atom is 0.275 e. The fraction of sp³-hybridized carbons (Fsp3) is 0.478. The summed E-state index contributed by atoms with van der Waals surface area (Å²) in [5.41, 5.74) is 1.13. The maximum atomic E-state index is 12.4. The molecule has 0 atom stereocenters. The standard InChI is InChI=1S/C23H32N4O3/c1-3-29-20-9-8-19(17-21(20)30-4-2)10-12-25-23(28)18-26-13-15-27(16-14-26)22-7-5-6-11-24-22/h5-9,11,17H,3-4,10,12-16,18H2,1-2H3,(H,25,28)/p+2. The van der Waals surface area contributed by atoms with Crippen molar-refractivity contribution in [3.05, 3.63) is 48.2 Å². The van der Waals surface area contributed by atoms with E-state index in [0.717, 1.165) is 55.5 Å². The second-order valence-corrected chi connectivity index (χ2v) is 7.41. The highest BCUT2D eigenvalue weighted by atomic mass is 16.5. The zero-order valence-corrected chi connectivity index (χ0v) is 18.1. The van der Waals surface area contributed by atoms with Crippen LogP contribution in [-0.2, 0) is 11.2 Å². The van der Waals surface area contributed by atoms with Crippen LogP contribution in [0.5, 0.6) is 11.5 Å². The first-order valence-corrected chi connectivity index (χ1v) is 10.9. The third-order valence-electron chi connectivity index (χ3n) is 5.26. The second-order valence-electron chi connectivity index (χ2n) is 7.41. The molecule has 0 saturated carbocycles. The van der Waals surface area contributed by atoms with Crippen molar-refractivity contribution >= 4 is 11.7 Å². The van der Waals surface area contributed by atoms with Crippen LogP contribution in [0, 0.1) is 0 Å². The molecule has 0 aliphatic carbocycles. The van der Waals surface area contributed by atoms with Gasteiger partial charge in [0, 0.05) is 12.6 Å². The number of amides is 1. The number of aromatic nitrogens is 1. The van der Waals surface area contributed by atoms with Crippen LogP contribution >= 0.6 is 0 Å². The number of quaternary nitrogens is 1. The quantitative estimate of drug-likeness (QED) is 0.589. The number of ether oxygens (including phenoxy) is 2. The topological polar surface area (TPSA) is 69.4 Å². The van der Waals surface area contributed by atoms with Crippen molar-refractivity contribution in [3.63, 3.8) is 0 Å². The Kier molecular flexibility index (Phi) is 8.32. The molecule has 1 fully saturated rings. The SMILES string of the molecule is CCOc1ccc(CCNC(=O)C[NH+]2CCN(c3cccc[nH+]3)CC2)cc1OCC. The summed E-state index contributed by atoms with van der Waals surface area (Å²) in [6.07, 6.45) is 2.72. The number of H-pyrrole nitrogens is 1.